The second-order valence-electron chi connectivity index (χ2n) is 6.01. The van der Waals surface area contributed by atoms with Crippen LogP contribution in [0.4, 0.5) is 10.2 Å². The molecule has 0 amide bonds. The number of piperazine rings is 1. The number of hydrogen-bond acceptors (Lipinski definition) is 6. The van der Waals surface area contributed by atoms with Crippen molar-refractivity contribution in [3.63, 3.8) is 0 Å². The highest BCUT2D eigenvalue weighted by molar-refractivity contribution is 7.89. The fourth-order valence-corrected chi connectivity index (χ4v) is 4.48. The Bertz CT molecular complexity index is 1030. The van der Waals surface area contributed by atoms with E-state index < -0.39 is 15.8 Å². The van der Waals surface area contributed by atoms with E-state index in [1.54, 1.807) is 29.2 Å². The van der Waals surface area contributed by atoms with Gasteiger partial charge in [0.2, 0.25) is 10.0 Å². The molecule has 4 rings (SSSR count). The third-order valence-corrected chi connectivity index (χ3v) is 6.33. The summed E-state index contributed by atoms with van der Waals surface area (Å²) in [5, 5.41) is 4.14. The highest BCUT2D eigenvalue weighted by atomic mass is 32.2. The lowest BCUT2D eigenvalue weighted by molar-refractivity contribution is 0.381. The minimum Gasteiger partial charge on any atom is -0.354 e. The minimum atomic E-state index is -3.86. The van der Waals surface area contributed by atoms with Crippen LogP contribution in [-0.4, -0.2) is 58.7 Å². The van der Waals surface area contributed by atoms with Gasteiger partial charge in [0, 0.05) is 44.6 Å². The van der Waals surface area contributed by atoms with Crippen LogP contribution in [0.25, 0.3) is 5.82 Å². The molecule has 2 aromatic heterocycles. The maximum absolute atomic E-state index is 13.9. The van der Waals surface area contributed by atoms with Crippen molar-refractivity contribution in [1.29, 1.82) is 0 Å². The fraction of sp³-hybridized carbons (Fsp3) is 0.235. The fourth-order valence-electron chi connectivity index (χ4n) is 2.99. The first-order chi connectivity index (χ1) is 13.1. The summed E-state index contributed by atoms with van der Waals surface area (Å²) in [6.45, 7) is 1.39. The molecule has 140 valence electrons. The number of rotatable bonds is 4. The second-order valence-corrected chi connectivity index (χ2v) is 7.91. The van der Waals surface area contributed by atoms with Gasteiger partial charge in [-0.05, 0) is 18.2 Å². The van der Waals surface area contributed by atoms with Gasteiger partial charge in [0.1, 0.15) is 22.9 Å². The van der Waals surface area contributed by atoms with Crippen molar-refractivity contribution in [3.8, 4) is 5.82 Å². The van der Waals surface area contributed by atoms with Gasteiger partial charge in [0.05, 0.1) is 0 Å². The molecule has 3 aromatic rings. The third-order valence-electron chi connectivity index (χ3n) is 4.39. The Kier molecular flexibility index (Phi) is 4.58. The first kappa shape index (κ1) is 17.6. The normalized spacial score (nSPS) is 15.8. The molecule has 1 aliphatic heterocycles. The molecule has 10 heteroatoms. The SMILES string of the molecule is O=S(=O)(c1ccccc1F)N1CCN(c2cc(-n3cccn3)ncn2)CC1. The number of anilines is 1. The molecule has 0 spiro atoms. The summed E-state index contributed by atoms with van der Waals surface area (Å²) < 4.78 is 42.2. The van der Waals surface area contributed by atoms with Crippen molar-refractivity contribution in [3.05, 3.63) is 60.9 Å². The molecule has 1 aromatic carbocycles. The van der Waals surface area contributed by atoms with Gasteiger partial charge in [0.15, 0.2) is 5.82 Å². The molecule has 0 saturated carbocycles. The van der Waals surface area contributed by atoms with Crippen LogP contribution in [0, 0.1) is 5.82 Å². The van der Waals surface area contributed by atoms with Gasteiger partial charge in [-0.15, -0.1) is 0 Å². The molecule has 0 aliphatic carbocycles. The van der Waals surface area contributed by atoms with Gasteiger partial charge >= 0.3 is 0 Å². The molecule has 0 radical (unpaired) electrons. The van der Waals surface area contributed by atoms with Gasteiger partial charge in [-0.2, -0.15) is 9.40 Å². The van der Waals surface area contributed by atoms with E-state index in [4.69, 9.17) is 0 Å². The van der Waals surface area contributed by atoms with Crippen molar-refractivity contribution in [1.82, 2.24) is 24.1 Å². The molecule has 27 heavy (non-hydrogen) atoms. The molecule has 8 nitrogen and oxygen atoms in total. The zero-order valence-electron chi connectivity index (χ0n) is 14.3. The summed E-state index contributed by atoms with van der Waals surface area (Å²) in [7, 11) is -3.86. The lowest BCUT2D eigenvalue weighted by Gasteiger charge is -2.34. The van der Waals surface area contributed by atoms with E-state index in [1.165, 1.54) is 28.8 Å². The number of halogens is 1. The van der Waals surface area contributed by atoms with Crippen molar-refractivity contribution in [2.75, 3.05) is 31.1 Å². The topological polar surface area (TPSA) is 84.2 Å². The molecule has 3 heterocycles. The summed E-state index contributed by atoms with van der Waals surface area (Å²) in [5.41, 5.74) is 0. The predicted octanol–water partition coefficient (Wildman–Crippen LogP) is 1.31. The van der Waals surface area contributed by atoms with Crippen molar-refractivity contribution < 1.29 is 12.8 Å². The quantitative estimate of drug-likeness (QED) is 0.670. The van der Waals surface area contributed by atoms with Crippen molar-refractivity contribution in [2.24, 2.45) is 0 Å². The number of hydrogen-bond donors (Lipinski definition) is 0. The Morgan fingerprint density at radius 2 is 1.70 bits per heavy atom. The van der Waals surface area contributed by atoms with E-state index in [2.05, 4.69) is 15.1 Å². The predicted molar refractivity (Wildman–Crippen MR) is 96.5 cm³/mol. The largest absolute Gasteiger partial charge is 0.354 e. The van der Waals surface area contributed by atoms with E-state index in [9.17, 15) is 12.8 Å². The lowest BCUT2D eigenvalue weighted by Crippen LogP contribution is -2.49. The molecule has 1 fully saturated rings. The summed E-state index contributed by atoms with van der Waals surface area (Å²) in [4.78, 5) is 10.2. The van der Waals surface area contributed by atoms with Crippen LogP contribution in [0.2, 0.25) is 0 Å². The highest BCUT2D eigenvalue weighted by Gasteiger charge is 2.30. The van der Waals surface area contributed by atoms with Gasteiger partial charge < -0.3 is 4.90 Å². The molecule has 1 aliphatic rings. The molecule has 0 unspecified atom stereocenters. The van der Waals surface area contributed by atoms with E-state index in [0.29, 0.717) is 24.7 Å². The summed E-state index contributed by atoms with van der Waals surface area (Å²) in [6.07, 6.45) is 4.90. The Balaban J connectivity index is 1.50. The molecule has 0 bridgehead atoms. The summed E-state index contributed by atoms with van der Waals surface area (Å²) >= 11 is 0. The maximum atomic E-state index is 13.9. The smallest absolute Gasteiger partial charge is 0.246 e. The highest BCUT2D eigenvalue weighted by Crippen LogP contribution is 2.22. The Morgan fingerprint density at radius 1 is 0.963 bits per heavy atom. The van der Waals surface area contributed by atoms with Gasteiger partial charge in [0.25, 0.3) is 0 Å². The zero-order valence-corrected chi connectivity index (χ0v) is 15.1. The van der Waals surface area contributed by atoms with Crippen molar-refractivity contribution >= 4 is 15.8 Å². The monoisotopic (exact) mass is 388 g/mol. The van der Waals surface area contributed by atoms with E-state index in [-0.39, 0.29) is 18.0 Å². The average Bonchev–Trinajstić information content (AvgIpc) is 3.23. The first-order valence-corrected chi connectivity index (χ1v) is 9.81. The molecular formula is C17H17FN6O2S. The van der Waals surface area contributed by atoms with Crippen molar-refractivity contribution in [2.45, 2.75) is 4.90 Å². The maximum Gasteiger partial charge on any atom is 0.246 e. The number of sulfonamides is 1. The molecule has 1 saturated heterocycles. The molecule has 0 atom stereocenters. The number of aromatic nitrogens is 4. The van der Waals surface area contributed by atoms with E-state index in [1.807, 2.05) is 4.90 Å². The van der Waals surface area contributed by atoms with Gasteiger partial charge in [-0.25, -0.2) is 27.5 Å². The van der Waals surface area contributed by atoms with Gasteiger partial charge in [-0.3, -0.25) is 0 Å². The summed E-state index contributed by atoms with van der Waals surface area (Å²) in [5.74, 6) is 0.587. The first-order valence-electron chi connectivity index (χ1n) is 8.37. The van der Waals surface area contributed by atoms with E-state index >= 15 is 0 Å². The number of benzene rings is 1. The van der Waals surface area contributed by atoms with Crippen LogP contribution < -0.4 is 4.90 Å². The van der Waals surface area contributed by atoms with Gasteiger partial charge in [-0.1, -0.05) is 12.1 Å². The molecule has 0 N–H and O–H groups in total. The Morgan fingerprint density at radius 3 is 2.41 bits per heavy atom. The van der Waals surface area contributed by atoms with Crippen LogP contribution >= 0.6 is 0 Å². The minimum absolute atomic E-state index is 0.248. The molecular weight excluding hydrogens is 371 g/mol. The Hall–Kier alpha value is -2.85. The number of nitrogens with zero attached hydrogens (tertiary/aromatic N) is 6. The van der Waals surface area contributed by atoms with Crippen LogP contribution in [0.3, 0.4) is 0 Å². The lowest BCUT2D eigenvalue weighted by atomic mass is 10.3. The van der Waals surface area contributed by atoms with Crippen LogP contribution in [0.5, 0.6) is 0 Å². The average molecular weight is 388 g/mol. The standard InChI is InChI=1S/C17H17FN6O2S/c18-14-4-1-2-5-15(14)27(25,26)23-10-8-22(9-11-23)16-12-17(20-13-19-16)24-7-3-6-21-24/h1-7,12-13H,8-11H2. The Labute approximate surface area is 155 Å². The second kappa shape index (κ2) is 7.05. The zero-order chi connectivity index (χ0) is 18.9. The summed E-state index contributed by atoms with van der Waals surface area (Å²) in [6, 6.07) is 9.03. The van der Waals surface area contributed by atoms with E-state index in [0.717, 1.165) is 6.07 Å². The third kappa shape index (κ3) is 3.40. The van der Waals surface area contributed by atoms with Crippen LogP contribution in [0.1, 0.15) is 0 Å². The van der Waals surface area contributed by atoms with Crippen LogP contribution in [0.15, 0.2) is 60.0 Å². The van der Waals surface area contributed by atoms with Crippen LogP contribution in [-0.2, 0) is 10.0 Å².